The number of rotatable bonds is 4. The van der Waals surface area contributed by atoms with Crippen molar-refractivity contribution in [3.8, 4) is 11.5 Å². The van der Waals surface area contributed by atoms with Gasteiger partial charge in [-0.25, -0.2) is 4.39 Å². The number of hydrogen-bond acceptors (Lipinski definition) is 3. The van der Waals surface area contributed by atoms with Gasteiger partial charge in [-0.1, -0.05) is 26.7 Å². The van der Waals surface area contributed by atoms with E-state index in [1.54, 1.807) is 0 Å². The molecule has 0 aliphatic heterocycles. The SMILES string of the molecule is COc1cc(F)c(C(=O)C2CCCCC2(C)C)cc1OC. The Bertz CT molecular complexity index is 537. The number of ketones is 1. The van der Waals surface area contributed by atoms with Gasteiger partial charge in [0, 0.05) is 12.0 Å². The maximum absolute atomic E-state index is 14.3. The molecule has 0 radical (unpaired) electrons. The summed E-state index contributed by atoms with van der Waals surface area (Å²) in [6.45, 7) is 4.18. The molecule has 1 unspecified atom stereocenters. The molecule has 4 heteroatoms. The second-order valence-electron chi connectivity index (χ2n) is 6.34. The fourth-order valence-corrected chi connectivity index (χ4v) is 3.21. The second kappa shape index (κ2) is 6.04. The monoisotopic (exact) mass is 294 g/mol. The first kappa shape index (κ1) is 15.8. The normalized spacial score (nSPS) is 20.9. The van der Waals surface area contributed by atoms with Crippen molar-refractivity contribution >= 4 is 5.78 Å². The van der Waals surface area contributed by atoms with E-state index in [1.165, 1.54) is 26.4 Å². The Kier molecular flexibility index (Phi) is 4.55. The van der Waals surface area contributed by atoms with Gasteiger partial charge < -0.3 is 9.47 Å². The Balaban J connectivity index is 2.39. The molecule has 0 saturated heterocycles. The minimum atomic E-state index is -0.543. The van der Waals surface area contributed by atoms with Gasteiger partial charge in [0.1, 0.15) is 5.82 Å². The number of Topliss-reactive ketones (excluding diaryl/α,β-unsaturated/α-hetero) is 1. The highest BCUT2D eigenvalue weighted by Gasteiger charge is 2.38. The van der Waals surface area contributed by atoms with Crippen LogP contribution in [0.1, 0.15) is 49.9 Å². The molecule has 1 aromatic carbocycles. The molecule has 0 heterocycles. The van der Waals surface area contributed by atoms with Crippen LogP contribution in [-0.2, 0) is 0 Å². The van der Waals surface area contributed by atoms with Crippen LogP contribution in [-0.4, -0.2) is 20.0 Å². The van der Waals surface area contributed by atoms with E-state index in [2.05, 4.69) is 13.8 Å². The fourth-order valence-electron chi connectivity index (χ4n) is 3.21. The molecule has 1 aromatic rings. The molecular formula is C17H23FO3. The lowest BCUT2D eigenvalue weighted by molar-refractivity contribution is 0.0692. The van der Waals surface area contributed by atoms with Crippen molar-refractivity contribution in [1.29, 1.82) is 0 Å². The minimum absolute atomic E-state index is 0.0884. The average molecular weight is 294 g/mol. The highest BCUT2D eigenvalue weighted by Crippen LogP contribution is 2.43. The van der Waals surface area contributed by atoms with Crippen LogP contribution in [0.5, 0.6) is 11.5 Å². The quantitative estimate of drug-likeness (QED) is 0.779. The van der Waals surface area contributed by atoms with Gasteiger partial charge >= 0.3 is 0 Å². The van der Waals surface area contributed by atoms with Crippen molar-refractivity contribution in [2.45, 2.75) is 39.5 Å². The zero-order valence-corrected chi connectivity index (χ0v) is 13.2. The summed E-state index contributed by atoms with van der Waals surface area (Å²) in [5.41, 5.74) is 0.0159. The fraction of sp³-hybridized carbons (Fsp3) is 0.588. The molecule has 0 N–H and O–H groups in total. The van der Waals surface area contributed by atoms with E-state index < -0.39 is 5.82 Å². The molecule has 0 aromatic heterocycles. The Labute approximate surface area is 125 Å². The zero-order chi connectivity index (χ0) is 15.6. The summed E-state index contributed by atoms with van der Waals surface area (Å²) in [5.74, 6) is -0.124. The maximum Gasteiger partial charge on any atom is 0.169 e. The molecule has 1 saturated carbocycles. The van der Waals surface area contributed by atoms with Crippen molar-refractivity contribution in [3.63, 3.8) is 0 Å². The Hall–Kier alpha value is -1.58. The predicted octanol–water partition coefficient (Wildman–Crippen LogP) is 4.24. The number of ether oxygens (including phenoxy) is 2. The summed E-state index contributed by atoms with van der Waals surface area (Å²) in [6.07, 6.45) is 3.97. The van der Waals surface area contributed by atoms with Crippen molar-refractivity contribution in [2.75, 3.05) is 14.2 Å². The number of hydrogen-bond donors (Lipinski definition) is 0. The largest absolute Gasteiger partial charge is 0.493 e. The summed E-state index contributed by atoms with van der Waals surface area (Å²) in [7, 11) is 2.93. The van der Waals surface area contributed by atoms with Crippen molar-refractivity contribution in [3.05, 3.63) is 23.5 Å². The van der Waals surface area contributed by atoms with Crippen LogP contribution >= 0.6 is 0 Å². The Morgan fingerprint density at radius 2 is 1.81 bits per heavy atom. The zero-order valence-electron chi connectivity index (χ0n) is 13.2. The van der Waals surface area contributed by atoms with Gasteiger partial charge in [0.15, 0.2) is 17.3 Å². The average Bonchev–Trinajstić information content (AvgIpc) is 2.45. The summed E-state index contributed by atoms with van der Waals surface area (Å²) >= 11 is 0. The number of carbonyl (C=O) groups excluding carboxylic acids is 1. The van der Waals surface area contributed by atoms with Gasteiger partial charge in [-0.15, -0.1) is 0 Å². The summed E-state index contributed by atoms with van der Waals surface area (Å²) in [6, 6.07) is 2.68. The molecule has 2 rings (SSSR count). The molecule has 1 fully saturated rings. The lowest BCUT2D eigenvalue weighted by Crippen LogP contribution is -2.34. The van der Waals surface area contributed by atoms with Crippen molar-refractivity contribution in [2.24, 2.45) is 11.3 Å². The third-order valence-corrected chi connectivity index (χ3v) is 4.56. The van der Waals surface area contributed by atoms with Gasteiger partial charge in [-0.05, 0) is 24.3 Å². The van der Waals surface area contributed by atoms with E-state index >= 15 is 0 Å². The number of halogens is 1. The van der Waals surface area contributed by atoms with Crippen LogP contribution < -0.4 is 9.47 Å². The van der Waals surface area contributed by atoms with E-state index in [0.717, 1.165) is 25.7 Å². The van der Waals surface area contributed by atoms with E-state index in [1.807, 2.05) is 0 Å². The van der Waals surface area contributed by atoms with E-state index in [0.29, 0.717) is 11.5 Å². The molecule has 0 amide bonds. The minimum Gasteiger partial charge on any atom is -0.493 e. The highest BCUT2D eigenvalue weighted by molar-refractivity contribution is 5.99. The molecule has 1 atom stereocenters. The second-order valence-corrected chi connectivity index (χ2v) is 6.34. The molecule has 0 bridgehead atoms. The number of benzene rings is 1. The van der Waals surface area contributed by atoms with Gasteiger partial charge in [-0.3, -0.25) is 4.79 Å². The van der Waals surface area contributed by atoms with Crippen LogP contribution in [0.4, 0.5) is 4.39 Å². The summed E-state index contributed by atoms with van der Waals surface area (Å²) in [5, 5.41) is 0. The molecular weight excluding hydrogens is 271 g/mol. The summed E-state index contributed by atoms with van der Waals surface area (Å²) in [4.78, 5) is 12.8. The Morgan fingerprint density at radius 3 is 2.38 bits per heavy atom. The number of methoxy groups -OCH3 is 2. The standard InChI is InChI=1S/C17H23FO3/c1-17(2)8-6-5-7-12(17)16(19)11-9-14(20-3)15(21-4)10-13(11)18/h9-10,12H,5-8H2,1-4H3. The molecule has 116 valence electrons. The van der Waals surface area contributed by atoms with Crippen LogP contribution in [0, 0.1) is 17.2 Å². The molecule has 3 nitrogen and oxygen atoms in total. The topological polar surface area (TPSA) is 35.5 Å². The van der Waals surface area contributed by atoms with Crippen molar-refractivity contribution < 1.29 is 18.7 Å². The molecule has 0 spiro atoms. The smallest absolute Gasteiger partial charge is 0.169 e. The molecule has 21 heavy (non-hydrogen) atoms. The Morgan fingerprint density at radius 1 is 1.19 bits per heavy atom. The first-order chi connectivity index (χ1) is 9.90. The maximum atomic E-state index is 14.3. The van der Waals surface area contributed by atoms with Gasteiger partial charge in [-0.2, -0.15) is 0 Å². The molecule has 1 aliphatic rings. The predicted molar refractivity (Wildman–Crippen MR) is 79.6 cm³/mol. The first-order valence-corrected chi connectivity index (χ1v) is 7.36. The van der Waals surface area contributed by atoms with Gasteiger partial charge in [0.05, 0.1) is 19.8 Å². The third-order valence-electron chi connectivity index (χ3n) is 4.56. The summed E-state index contributed by atoms with van der Waals surface area (Å²) < 4.78 is 24.5. The van der Waals surface area contributed by atoms with Crippen molar-refractivity contribution in [1.82, 2.24) is 0 Å². The van der Waals surface area contributed by atoms with E-state index in [9.17, 15) is 9.18 Å². The van der Waals surface area contributed by atoms with Gasteiger partial charge in [0.25, 0.3) is 0 Å². The first-order valence-electron chi connectivity index (χ1n) is 7.36. The highest BCUT2D eigenvalue weighted by atomic mass is 19.1. The van der Waals surface area contributed by atoms with Crippen LogP contribution in [0.15, 0.2) is 12.1 Å². The lowest BCUT2D eigenvalue weighted by Gasteiger charge is -2.37. The lowest BCUT2D eigenvalue weighted by atomic mass is 9.66. The third kappa shape index (κ3) is 3.04. The van der Waals surface area contributed by atoms with E-state index in [-0.39, 0.29) is 22.7 Å². The van der Waals surface area contributed by atoms with Crippen LogP contribution in [0.2, 0.25) is 0 Å². The number of carbonyl (C=O) groups is 1. The van der Waals surface area contributed by atoms with Crippen LogP contribution in [0.25, 0.3) is 0 Å². The van der Waals surface area contributed by atoms with Crippen LogP contribution in [0.3, 0.4) is 0 Å². The van der Waals surface area contributed by atoms with E-state index in [4.69, 9.17) is 9.47 Å². The van der Waals surface area contributed by atoms with Gasteiger partial charge in [0.2, 0.25) is 0 Å². The molecule has 1 aliphatic carbocycles.